The standard InChI is InChI=1S/C18H22FN3O3S/c1-22(2)11-10-21-26(24,25)17-5-3-4-15(12-17)18(23)20-13-14-6-8-16(19)9-7-14/h3-9,12,21H,10-11,13H2,1-2H3,(H,20,23). The summed E-state index contributed by atoms with van der Waals surface area (Å²) in [6, 6.07) is 11.6. The number of hydrogen-bond donors (Lipinski definition) is 2. The molecule has 0 saturated carbocycles. The number of carbonyl (C=O) groups excluding carboxylic acids is 1. The predicted molar refractivity (Wildman–Crippen MR) is 97.8 cm³/mol. The lowest BCUT2D eigenvalue weighted by Crippen LogP contribution is -2.31. The smallest absolute Gasteiger partial charge is 0.251 e. The predicted octanol–water partition coefficient (Wildman–Crippen LogP) is 1.60. The summed E-state index contributed by atoms with van der Waals surface area (Å²) >= 11 is 0. The first-order valence-electron chi connectivity index (χ1n) is 8.05. The second-order valence-electron chi connectivity index (χ2n) is 6.04. The van der Waals surface area contributed by atoms with Gasteiger partial charge in [-0.2, -0.15) is 0 Å². The van der Waals surface area contributed by atoms with Crippen molar-refractivity contribution in [2.24, 2.45) is 0 Å². The van der Waals surface area contributed by atoms with Gasteiger partial charge in [0, 0.05) is 25.2 Å². The average molecular weight is 379 g/mol. The zero-order valence-corrected chi connectivity index (χ0v) is 15.5. The van der Waals surface area contributed by atoms with Crippen molar-refractivity contribution in [1.82, 2.24) is 14.9 Å². The summed E-state index contributed by atoms with van der Waals surface area (Å²) in [5.41, 5.74) is 0.983. The van der Waals surface area contributed by atoms with Crippen molar-refractivity contribution in [2.75, 3.05) is 27.2 Å². The lowest BCUT2D eigenvalue weighted by Gasteiger charge is -2.12. The highest BCUT2D eigenvalue weighted by atomic mass is 32.2. The Hall–Kier alpha value is -2.29. The van der Waals surface area contributed by atoms with Gasteiger partial charge in [0.25, 0.3) is 5.91 Å². The van der Waals surface area contributed by atoms with Gasteiger partial charge in [-0.1, -0.05) is 18.2 Å². The van der Waals surface area contributed by atoms with Crippen LogP contribution < -0.4 is 10.0 Å². The van der Waals surface area contributed by atoms with Gasteiger partial charge in [-0.05, 0) is 50.0 Å². The number of likely N-dealkylation sites (N-methyl/N-ethyl adjacent to an activating group) is 1. The van der Waals surface area contributed by atoms with Crippen molar-refractivity contribution in [3.63, 3.8) is 0 Å². The molecule has 2 aromatic rings. The summed E-state index contributed by atoms with van der Waals surface area (Å²) in [6.07, 6.45) is 0. The lowest BCUT2D eigenvalue weighted by molar-refractivity contribution is 0.0950. The largest absolute Gasteiger partial charge is 0.348 e. The third kappa shape index (κ3) is 5.91. The molecule has 0 atom stereocenters. The van der Waals surface area contributed by atoms with Crippen molar-refractivity contribution in [2.45, 2.75) is 11.4 Å². The molecule has 2 aromatic carbocycles. The van der Waals surface area contributed by atoms with E-state index in [1.807, 2.05) is 19.0 Å². The van der Waals surface area contributed by atoms with E-state index in [0.717, 1.165) is 5.56 Å². The van der Waals surface area contributed by atoms with Crippen LogP contribution in [0.25, 0.3) is 0 Å². The van der Waals surface area contributed by atoms with Crippen LogP contribution in [0.4, 0.5) is 4.39 Å². The van der Waals surface area contributed by atoms with Gasteiger partial charge in [-0.15, -0.1) is 0 Å². The first-order valence-corrected chi connectivity index (χ1v) is 9.53. The molecule has 0 radical (unpaired) electrons. The summed E-state index contributed by atoms with van der Waals surface area (Å²) in [5.74, 6) is -0.751. The minimum Gasteiger partial charge on any atom is -0.348 e. The topological polar surface area (TPSA) is 78.5 Å². The maximum Gasteiger partial charge on any atom is 0.251 e. The summed E-state index contributed by atoms with van der Waals surface area (Å²) in [4.78, 5) is 14.2. The molecule has 0 fully saturated rings. The minimum absolute atomic E-state index is 0.0330. The zero-order chi connectivity index (χ0) is 19.2. The van der Waals surface area contributed by atoms with E-state index in [2.05, 4.69) is 10.0 Å². The molecule has 0 unspecified atom stereocenters. The molecule has 8 heteroatoms. The molecule has 0 saturated heterocycles. The fourth-order valence-corrected chi connectivity index (χ4v) is 3.24. The Bertz CT molecular complexity index is 852. The van der Waals surface area contributed by atoms with Crippen LogP contribution in [-0.4, -0.2) is 46.4 Å². The maximum absolute atomic E-state index is 12.9. The second kappa shape index (κ2) is 8.88. The van der Waals surface area contributed by atoms with Crippen LogP contribution in [0.5, 0.6) is 0 Å². The van der Waals surface area contributed by atoms with E-state index in [9.17, 15) is 17.6 Å². The Kier molecular flexibility index (Phi) is 6.84. The molecule has 0 aromatic heterocycles. The normalized spacial score (nSPS) is 11.5. The van der Waals surface area contributed by atoms with E-state index < -0.39 is 15.9 Å². The van der Waals surface area contributed by atoms with Crippen LogP contribution in [0.2, 0.25) is 0 Å². The van der Waals surface area contributed by atoms with Crippen LogP contribution in [0, 0.1) is 5.82 Å². The average Bonchev–Trinajstić information content (AvgIpc) is 2.60. The first-order chi connectivity index (χ1) is 12.3. The number of benzene rings is 2. The molecular formula is C18H22FN3O3S. The van der Waals surface area contributed by atoms with Gasteiger partial charge < -0.3 is 10.2 Å². The fourth-order valence-electron chi connectivity index (χ4n) is 2.18. The van der Waals surface area contributed by atoms with E-state index in [1.165, 1.54) is 30.3 Å². The maximum atomic E-state index is 12.9. The van der Waals surface area contributed by atoms with Crippen LogP contribution in [0.3, 0.4) is 0 Å². The van der Waals surface area contributed by atoms with Gasteiger partial charge in [0.2, 0.25) is 10.0 Å². The van der Waals surface area contributed by atoms with Crippen LogP contribution >= 0.6 is 0 Å². The number of rotatable bonds is 8. The molecular weight excluding hydrogens is 357 g/mol. The van der Waals surface area contributed by atoms with Crippen LogP contribution in [0.15, 0.2) is 53.4 Å². The number of sulfonamides is 1. The van der Waals surface area contributed by atoms with E-state index in [0.29, 0.717) is 6.54 Å². The van der Waals surface area contributed by atoms with Crippen molar-refractivity contribution in [3.05, 3.63) is 65.5 Å². The quantitative estimate of drug-likeness (QED) is 0.730. The molecule has 2 N–H and O–H groups in total. The number of halogens is 1. The van der Waals surface area contributed by atoms with Crippen LogP contribution in [-0.2, 0) is 16.6 Å². The van der Waals surface area contributed by atoms with Gasteiger partial charge in [-0.25, -0.2) is 17.5 Å². The molecule has 0 bridgehead atoms. The van der Waals surface area contributed by atoms with E-state index in [-0.39, 0.29) is 29.4 Å². The molecule has 2 rings (SSSR count). The van der Waals surface area contributed by atoms with Crippen molar-refractivity contribution >= 4 is 15.9 Å². The van der Waals surface area contributed by atoms with Gasteiger partial charge >= 0.3 is 0 Å². The van der Waals surface area contributed by atoms with Crippen molar-refractivity contribution in [3.8, 4) is 0 Å². The Morgan fingerprint density at radius 1 is 1.12 bits per heavy atom. The minimum atomic E-state index is -3.68. The molecule has 0 heterocycles. The Labute approximate surface area is 153 Å². The molecule has 1 amide bonds. The van der Waals surface area contributed by atoms with Gasteiger partial charge in [0.05, 0.1) is 4.90 Å². The molecule has 0 aliphatic heterocycles. The molecule has 6 nitrogen and oxygen atoms in total. The van der Waals surface area contributed by atoms with Crippen LogP contribution in [0.1, 0.15) is 15.9 Å². The fraction of sp³-hybridized carbons (Fsp3) is 0.278. The van der Waals surface area contributed by atoms with Gasteiger partial charge in [0.1, 0.15) is 5.82 Å². The summed E-state index contributed by atoms with van der Waals surface area (Å²) in [5, 5.41) is 2.69. The van der Waals surface area contributed by atoms with Gasteiger partial charge in [0.15, 0.2) is 0 Å². The van der Waals surface area contributed by atoms with Crippen molar-refractivity contribution in [1.29, 1.82) is 0 Å². The summed E-state index contributed by atoms with van der Waals surface area (Å²) in [6.45, 7) is 1.06. The first kappa shape index (κ1) is 20.0. The lowest BCUT2D eigenvalue weighted by atomic mass is 10.2. The third-order valence-electron chi connectivity index (χ3n) is 3.62. The number of hydrogen-bond acceptors (Lipinski definition) is 4. The second-order valence-corrected chi connectivity index (χ2v) is 7.80. The Balaban J connectivity index is 2.02. The zero-order valence-electron chi connectivity index (χ0n) is 14.7. The molecule has 0 aliphatic carbocycles. The summed E-state index contributed by atoms with van der Waals surface area (Å²) < 4.78 is 40.0. The van der Waals surface area contributed by atoms with Crippen molar-refractivity contribution < 1.29 is 17.6 Å². The van der Waals surface area contributed by atoms with E-state index in [4.69, 9.17) is 0 Å². The summed E-state index contributed by atoms with van der Waals surface area (Å²) in [7, 11) is 0.0130. The Morgan fingerprint density at radius 3 is 2.46 bits per heavy atom. The third-order valence-corrected chi connectivity index (χ3v) is 5.08. The number of nitrogens with one attached hydrogen (secondary N) is 2. The number of amides is 1. The van der Waals surface area contributed by atoms with E-state index in [1.54, 1.807) is 18.2 Å². The van der Waals surface area contributed by atoms with Gasteiger partial charge in [-0.3, -0.25) is 4.79 Å². The number of carbonyl (C=O) groups is 1. The SMILES string of the molecule is CN(C)CCNS(=O)(=O)c1cccc(C(=O)NCc2ccc(F)cc2)c1. The molecule has 140 valence electrons. The molecule has 0 aliphatic rings. The highest BCUT2D eigenvalue weighted by Crippen LogP contribution is 2.12. The number of nitrogens with zero attached hydrogens (tertiary/aromatic N) is 1. The highest BCUT2D eigenvalue weighted by molar-refractivity contribution is 7.89. The molecule has 26 heavy (non-hydrogen) atoms. The monoisotopic (exact) mass is 379 g/mol. The Morgan fingerprint density at radius 2 is 1.81 bits per heavy atom. The highest BCUT2D eigenvalue weighted by Gasteiger charge is 2.16. The van der Waals surface area contributed by atoms with E-state index >= 15 is 0 Å². The molecule has 0 spiro atoms.